The van der Waals surface area contributed by atoms with Crippen molar-refractivity contribution < 1.29 is 14.6 Å². The van der Waals surface area contributed by atoms with Crippen LogP contribution in [0.1, 0.15) is 10.4 Å². The first kappa shape index (κ1) is 18.6. The van der Waals surface area contributed by atoms with Gasteiger partial charge >= 0.3 is 0 Å². The summed E-state index contributed by atoms with van der Waals surface area (Å²) >= 11 is 7.68. The van der Waals surface area contributed by atoms with Gasteiger partial charge < -0.3 is 14.7 Å². The average molecular weight is 412 g/mol. The van der Waals surface area contributed by atoms with Crippen LogP contribution in [-0.2, 0) is 11.3 Å². The quantitative estimate of drug-likeness (QED) is 0.602. The number of halogens is 1. The highest BCUT2D eigenvalue weighted by Crippen LogP contribution is 2.38. The van der Waals surface area contributed by atoms with Crippen molar-refractivity contribution in [2.24, 2.45) is 0 Å². The topological polar surface area (TPSA) is 49.8 Å². The summed E-state index contributed by atoms with van der Waals surface area (Å²) in [5, 5.41) is 13.1. The van der Waals surface area contributed by atoms with Crippen molar-refractivity contribution in [2.45, 2.75) is 6.54 Å². The first-order valence-electron chi connectivity index (χ1n) is 8.85. The Hall–Kier alpha value is -2.76. The van der Waals surface area contributed by atoms with Gasteiger partial charge in [-0.05, 0) is 52.9 Å². The van der Waals surface area contributed by atoms with E-state index in [4.69, 9.17) is 16.3 Å². The number of phenolic OH excluding ortho intramolecular Hbond substituents is 1. The predicted octanol–water partition coefficient (Wildman–Crippen LogP) is 5.21. The third-order valence-corrected chi connectivity index (χ3v) is 5.59. The Kier molecular flexibility index (Phi) is 5.37. The molecule has 1 aliphatic heterocycles. The molecule has 0 radical (unpaired) electrons. The van der Waals surface area contributed by atoms with Crippen molar-refractivity contribution in [3.8, 4) is 22.6 Å². The van der Waals surface area contributed by atoms with Crippen LogP contribution in [0.4, 0.5) is 0 Å². The average Bonchev–Trinajstić information content (AvgIpc) is 3.11. The highest BCUT2D eigenvalue weighted by molar-refractivity contribution is 7.10. The van der Waals surface area contributed by atoms with E-state index in [1.165, 1.54) is 0 Å². The molecule has 0 saturated carbocycles. The lowest BCUT2D eigenvalue weighted by atomic mass is 10.0. The van der Waals surface area contributed by atoms with E-state index in [9.17, 15) is 9.90 Å². The molecule has 0 fully saturated rings. The van der Waals surface area contributed by atoms with Crippen LogP contribution in [0.25, 0.3) is 17.2 Å². The molecule has 6 heteroatoms. The van der Waals surface area contributed by atoms with E-state index in [0.717, 1.165) is 21.6 Å². The molecule has 0 atom stereocenters. The third-order valence-electron chi connectivity index (χ3n) is 4.52. The number of ether oxygens (including phenoxy) is 1. The molecule has 1 N–H and O–H groups in total. The summed E-state index contributed by atoms with van der Waals surface area (Å²) in [5.41, 5.74) is 2.49. The molecule has 0 unspecified atom stereocenters. The fourth-order valence-corrected chi connectivity index (χ4v) is 3.97. The van der Waals surface area contributed by atoms with E-state index in [2.05, 4.69) is 0 Å². The number of aromatic hydroxyl groups is 1. The van der Waals surface area contributed by atoms with Crippen LogP contribution in [0.3, 0.4) is 0 Å². The van der Waals surface area contributed by atoms with E-state index in [0.29, 0.717) is 30.5 Å². The second-order valence-corrected chi connectivity index (χ2v) is 7.87. The predicted molar refractivity (Wildman–Crippen MR) is 113 cm³/mol. The minimum absolute atomic E-state index is 0.0657. The molecular formula is C22H18ClNO3S. The summed E-state index contributed by atoms with van der Waals surface area (Å²) < 4.78 is 5.73. The van der Waals surface area contributed by atoms with Gasteiger partial charge in [0.25, 0.3) is 0 Å². The zero-order valence-corrected chi connectivity index (χ0v) is 16.5. The summed E-state index contributed by atoms with van der Waals surface area (Å²) in [7, 11) is 0. The van der Waals surface area contributed by atoms with Gasteiger partial charge in [0.2, 0.25) is 5.91 Å². The first-order valence-corrected chi connectivity index (χ1v) is 10.1. The minimum atomic E-state index is -0.0856. The fourth-order valence-electron chi connectivity index (χ4n) is 3.17. The van der Waals surface area contributed by atoms with Crippen LogP contribution in [0, 0.1) is 0 Å². The van der Waals surface area contributed by atoms with Gasteiger partial charge in [-0.3, -0.25) is 4.79 Å². The summed E-state index contributed by atoms with van der Waals surface area (Å²) in [6.07, 6.45) is 3.40. The zero-order valence-electron chi connectivity index (χ0n) is 15.0. The largest absolute Gasteiger partial charge is 0.504 e. The van der Waals surface area contributed by atoms with Gasteiger partial charge in [0, 0.05) is 28.1 Å². The lowest BCUT2D eigenvalue weighted by Crippen LogP contribution is -2.30. The van der Waals surface area contributed by atoms with E-state index >= 15 is 0 Å². The maximum absolute atomic E-state index is 12.6. The van der Waals surface area contributed by atoms with Gasteiger partial charge in [-0.25, -0.2) is 0 Å². The lowest BCUT2D eigenvalue weighted by Gasteiger charge is -2.18. The number of carbonyl (C=O) groups excluding carboxylic acids is 1. The standard InChI is InChI=1S/C22H18ClNO3S/c23-18-4-1-3-15(12-18)16-11-17-14-24(8-9-27-22(17)20(25)13-16)21(26)7-6-19-5-2-10-28-19/h1-7,10-13,25H,8-9,14H2. The molecule has 0 aliphatic carbocycles. The fraction of sp³-hybridized carbons (Fsp3) is 0.136. The number of rotatable bonds is 3. The van der Waals surface area contributed by atoms with Crippen LogP contribution in [0.5, 0.6) is 11.5 Å². The molecule has 4 nitrogen and oxygen atoms in total. The summed E-state index contributed by atoms with van der Waals surface area (Å²) in [5.74, 6) is 0.414. The van der Waals surface area contributed by atoms with E-state index in [-0.39, 0.29) is 11.7 Å². The van der Waals surface area contributed by atoms with Crippen LogP contribution in [0.2, 0.25) is 5.02 Å². The van der Waals surface area contributed by atoms with Crippen molar-refractivity contribution in [2.75, 3.05) is 13.2 Å². The summed E-state index contributed by atoms with van der Waals surface area (Å²) in [4.78, 5) is 15.4. The van der Waals surface area contributed by atoms with Gasteiger partial charge in [0.15, 0.2) is 11.5 Å². The Balaban J connectivity index is 1.62. The van der Waals surface area contributed by atoms with E-state index in [1.54, 1.807) is 34.4 Å². The van der Waals surface area contributed by atoms with Crippen molar-refractivity contribution >= 4 is 34.9 Å². The van der Waals surface area contributed by atoms with Gasteiger partial charge in [-0.15, -0.1) is 11.3 Å². The molecule has 3 aromatic rings. The number of thiophene rings is 1. The number of benzene rings is 2. The number of fused-ring (bicyclic) bond motifs is 1. The van der Waals surface area contributed by atoms with Crippen molar-refractivity contribution in [1.29, 1.82) is 0 Å². The van der Waals surface area contributed by atoms with Gasteiger partial charge in [0.1, 0.15) is 6.61 Å². The molecule has 1 amide bonds. The van der Waals surface area contributed by atoms with Crippen molar-refractivity contribution in [1.82, 2.24) is 4.90 Å². The normalized spacial score (nSPS) is 13.8. The van der Waals surface area contributed by atoms with Crippen LogP contribution >= 0.6 is 22.9 Å². The van der Waals surface area contributed by atoms with Crippen LogP contribution < -0.4 is 4.74 Å². The monoisotopic (exact) mass is 411 g/mol. The number of carbonyl (C=O) groups is 1. The maximum Gasteiger partial charge on any atom is 0.247 e. The first-order chi connectivity index (χ1) is 13.6. The zero-order chi connectivity index (χ0) is 19.5. The van der Waals surface area contributed by atoms with Gasteiger partial charge in [-0.1, -0.05) is 29.8 Å². The van der Waals surface area contributed by atoms with Crippen LogP contribution in [-0.4, -0.2) is 29.1 Å². The Labute approximate surface area is 172 Å². The van der Waals surface area contributed by atoms with Crippen LogP contribution in [0.15, 0.2) is 60.0 Å². The molecular weight excluding hydrogens is 394 g/mol. The molecule has 28 heavy (non-hydrogen) atoms. The van der Waals surface area contributed by atoms with Gasteiger partial charge in [0.05, 0.1) is 6.54 Å². The Morgan fingerprint density at radius 2 is 2.07 bits per heavy atom. The smallest absolute Gasteiger partial charge is 0.247 e. The highest BCUT2D eigenvalue weighted by Gasteiger charge is 2.22. The second kappa shape index (κ2) is 8.09. The molecule has 2 heterocycles. The number of nitrogens with zero attached hydrogens (tertiary/aromatic N) is 1. The highest BCUT2D eigenvalue weighted by atomic mass is 35.5. The molecule has 0 spiro atoms. The van der Waals surface area contributed by atoms with Crippen molar-refractivity contribution in [3.63, 3.8) is 0 Å². The lowest BCUT2D eigenvalue weighted by molar-refractivity contribution is -0.126. The molecule has 1 aromatic heterocycles. The minimum Gasteiger partial charge on any atom is -0.504 e. The molecule has 0 bridgehead atoms. The SMILES string of the molecule is O=C(C=Cc1cccs1)N1CCOc2c(O)cc(-c3cccc(Cl)c3)cc2C1. The summed E-state index contributed by atoms with van der Waals surface area (Å²) in [6.45, 7) is 1.15. The molecule has 1 aliphatic rings. The Bertz CT molecular complexity index is 1030. The van der Waals surface area contributed by atoms with E-state index in [1.807, 2.05) is 47.9 Å². The third kappa shape index (κ3) is 4.06. The maximum atomic E-state index is 12.6. The number of phenols is 1. The van der Waals surface area contributed by atoms with Crippen molar-refractivity contribution in [3.05, 3.63) is 75.5 Å². The number of hydrogen-bond acceptors (Lipinski definition) is 4. The second-order valence-electron chi connectivity index (χ2n) is 6.45. The molecule has 2 aromatic carbocycles. The molecule has 142 valence electrons. The Morgan fingerprint density at radius 3 is 2.86 bits per heavy atom. The summed E-state index contributed by atoms with van der Waals surface area (Å²) in [6, 6.07) is 15.0. The number of hydrogen-bond donors (Lipinski definition) is 1. The number of amides is 1. The van der Waals surface area contributed by atoms with Gasteiger partial charge in [-0.2, -0.15) is 0 Å². The van der Waals surface area contributed by atoms with E-state index < -0.39 is 0 Å². The molecule has 4 rings (SSSR count). The molecule has 0 saturated heterocycles. The Morgan fingerprint density at radius 1 is 1.18 bits per heavy atom.